The fourth-order valence-corrected chi connectivity index (χ4v) is 3.33. The second kappa shape index (κ2) is 9.80. The number of rotatable bonds is 9. The van der Waals surface area contributed by atoms with E-state index >= 15 is 0 Å². The van der Waals surface area contributed by atoms with Crippen LogP contribution in [0.5, 0.6) is 0 Å². The van der Waals surface area contributed by atoms with E-state index in [9.17, 15) is 0 Å². The highest BCUT2D eigenvalue weighted by molar-refractivity contribution is 4.79. The van der Waals surface area contributed by atoms with Gasteiger partial charge in [-0.2, -0.15) is 0 Å². The first kappa shape index (κ1) is 16.0. The SMILES string of the molecule is CCCNCCCC(C)N(CC)C1CCCCC1. The molecule has 0 aromatic heterocycles. The third-order valence-electron chi connectivity index (χ3n) is 4.38. The normalized spacial score (nSPS) is 19.3. The highest BCUT2D eigenvalue weighted by Crippen LogP contribution is 2.24. The third kappa shape index (κ3) is 5.71. The van der Waals surface area contributed by atoms with Gasteiger partial charge in [-0.25, -0.2) is 0 Å². The van der Waals surface area contributed by atoms with Crippen LogP contribution in [0.2, 0.25) is 0 Å². The Labute approximate surface area is 115 Å². The van der Waals surface area contributed by atoms with Gasteiger partial charge in [0.1, 0.15) is 0 Å². The highest BCUT2D eigenvalue weighted by Gasteiger charge is 2.23. The molecule has 1 N–H and O–H groups in total. The Morgan fingerprint density at radius 2 is 1.83 bits per heavy atom. The Bertz CT molecular complexity index is 188. The quantitative estimate of drug-likeness (QED) is 0.629. The average molecular weight is 254 g/mol. The van der Waals surface area contributed by atoms with E-state index in [4.69, 9.17) is 0 Å². The van der Waals surface area contributed by atoms with Crippen molar-refractivity contribution < 1.29 is 0 Å². The lowest BCUT2D eigenvalue weighted by Crippen LogP contribution is -2.42. The summed E-state index contributed by atoms with van der Waals surface area (Å²) in [7, 11) is 0. The predicted molar refractivity (Wildman–Crippen MR) is 81.1 cm³/mol. The van der Waals surface area contributed by atoms with Crippen molar-refractivity contribution in [2.45, 2.75) is 84.2 Å². The molecule has 2 nitrogen and oxygen atoms in total. The molecule has 1 aliphatic rings. The van der Waals surface area contributed by atoms with E-state index in [1.54, 1.807) is 0 Å². The summed E-state index contributed by atoms with van der Waals surface area (Å²) in [6.45, 7) is 10.6. The largest absolute Gasteiger partial charge is 0.317 e. The van der Waals surface area contributed by atoms with Crippen molar-refractivity contribution >= 4 is 0 Å². The van der Waals surface area contributed by atoms with E-state index in [0.717, 1.165) is 12.1 Å². The molecule has 0 bridgehead atoms. The number of hydrogen-bond donors (Lipinski definition) is 1. The standard InChI is InChI=1S/C16H34N2/c1-4-13-17-14-9-10-15(3)18(5-2)16-11-7-6-8-12-16/h15-17H,4-14H2,1-3H3. The molecule has 1 saturated carbocycles. The van der Waals surface area contributed by atoms with Crippen LogP contribution in [0.4, 0.5) is 0 Å². The molecule has 18 heavy (non-hydrogen) atoms. The van der Waals surface area contributed by atoms with E-state index < -0.39 is 0 Å². The molecule has 0 spiro atoms. The van der Waals surface area contributed by atoms with Crippen LogP contribution in [0.25, 0.3) is 0 Å². The van der Waals surface area contributed by atoms with Crippen LogP contribution in [-0.4, -0.2) is 36.6 Å². The molecule has 1 fully saturated rings. The van der Waals surface area contributed by atoms with E-state index in [1.165, 1.54) is 71.0 Å². The Balaban J connectivity index is 2.21. The van der Waals surface area contributed by atoms with Crippen molar-refractivity contribution in [2.24, 2.45) is 0 Å². The number of hydrogen-bond acceptors (Lipinski definition) is 2. The van der Waals surface area contributed by atoms with Crippen molar-refractivity contribution in [1.82, 2.24) is 10.2 Å². The molecule has 0 aromatic carbocycles. The fraction of sp³-hybridized carbons (Fsp3) is 1.00. The van der Waals surface area contributed by atoms with Crippen molar-refractivity contribution in [1.29, 1.82) is 0 Å². The van der Waals surface area contributed by atoms with E-state index in [1.807, 2.05) is 0 Å². The van der Waals surface area contributed by atoms with Crippen LogP contribution in [0, 0.1) is 0 Å². The van der Waals surface area contributed by atoms with Gasteiger partial charge in [0.15, 0.2) is 0 Å². The van der Waals surface area contributed by atoms with E-state index in [-0.39, 0.29) is 0 Å². The Morgan fingerprint density at radius 1 is 1.11 bits per heavy atom. The van der Waals surface area contributed by atoms with Gasteiger partial charge in [0, 0.05) is 12.1 Å². The molecule has 1 unspecified atom stereocenters. The molecule has 0 heterocycles. The molecular weight excluding hydrogens is 220 g/mol. The topological polar surface area (TPSA) is 15.3 Å². The van der Waals surface area contributed by atoms with Crippen molar-refractivity contribution in [3.05, 3.63) is 0 Å². The van der Waals surface area contributed by atoms with Crippen LogP contribution in [0.1, 0.15) is 72.1 Å². The van der Waals surface area contributed by atoms with Gasteiger partial charge in [0.05, 0.1) is 0 Å². The minimum atomic E-state index is 0.765. The minimum absolute atomic E-state index is 0.765. The van der Waals surface area contributed by atoms with Gasteiger partial charge in [0.2, 0.25) is 0 Å². The minimum Gasteiger partial charge on any atom is -0.317 e. The molecule has 1 rings (SSSR count). The lowest BCUT2D eigenvalue weighted by Gasteiger charge is -2.38. The van der Waals surface area contributed by atoms with Crippen molar-refractivity contribution in [2.75, 3.05) is 19.6 Å². The van der Waals surface area contributed by atoms with Gasteiger partial charge in [-0.1, -0.05) is 33.1 Å². The zero-order chi connectivity index (χ0) is 13.2. The first-order valence-electron chi connectivity index (χ1n) is 8.26. The van der Waals surface area contributed by atoms with Gasteiger partial charge < -0.3 is 5.32 Å². The summed E-state index contributed by atoms with van der Waals surface area (Å²) in [5, 5.41) is 3.51. The van der Waals surface area contributed by atoms with Crippen molar-refractivity contribution in [3.63, 3.8) is 0 Å². The van der Waals surface area contributed by atoms with Crippen molar-refractivity contribution in [3.8, 4) is 0 Å². The van der Waals surface area contributed by atoms with Crippen LogP contribution in [-0.2, 0) is 0 Å². The number of nitrogens with one attached hydrogen (secondary N) is 1. The fourth-order valence-electron chi connectivity index (χ4n) is 3.33. The molecule has 2 heteroatoms. The van der Waals surface area contributed by atoms with Crippen LogP contribution < -0.4 is 5.32 Å². The maximum absolute atomic E-state index is 3.51. The summed E-state index contributed by atoms with van der Waals surface area (Å²) in [5.41, 5.74) is 0. The Hall–Kier alpha value is -0.0800. The second-order valence-electron chi connectivity index (χ2n) is 5.86. The first-order valence-corrected chi connectivity index (χ1v) is 8.26. The van der Waals surface area contributed by atoms with Gasteiger partial charge in [0.25, 0.3) is 0 Å². The van der Waals surface area contributed by atoms with Gasteiger partial charge in [-0.05, 0) is 58.7 Å². The molecule has 0 saturated heterocycles. The monoisotopic (exact) mass is 254 g/mol. The maximum Gasteiger partial charge on any atom is 0.00979 e. The summed E-state index contributed by atoms with van der Waals surface area (Å²) in [6, 6.07) is 1.64. The smallest absolute Gasteiger partial charge is 0.00979 e. The Morgan fingerprint density at radius 3 is 2.44 bits per heavy atom. The Kier molecular flexibility index (Phi) is 8.70. The summed E-state index contributed by atoms with van der Waals surface area (Å²) in [5.74, 6) is 0. The van der Waals surface area contributed by atoms with Crippen LogP contribution in [0.15, 0.2) is 0 Å². The lowest BCUT2D eigenvalue weighted by molar-refractivity contribution is 0.113. The summed E-state index contributed by atoms with van der Waals surface area (Å²) >= 11 is 0. The first-order chi connectivity index (χ1) is 8.79. The molecule has 1 atom stereocenters. The molecule has 0 aromatic rings. The van der Waals surface area contributed by atoms with Crippen LogP contribution in [0.3, 0.4) is 0 Å². The third-order valence-corrected chi connectivity index (χ3v) is 4.38. The molecule has 108 valence electrons. The average Bonchev–Trinajstić information content (AvgIpc) is 2.40. The maximum atomic E-state index is 3.51. The summed E-state index contributed by atoms with van der Waals surface area (Å²) in [4.78, 5) is 2.76. The summed E-state index contributed by atoms with van der Waals surface area (Å²) in [6.07, 6.45) is 11.2. The molecular formula is C16H34N2. The molecule has 0 amide bonds. The predicted octanol–water partition coefficient (Wildman–Crippen LogP) is 3.81. The molecule has 0 aliphatic heterocycles. The van der Waals surface area contributed by atoms with Crippen LogP contribution >= 0.6 is 0 Å². The zero-order valence-electron chi connectivity index (χ0n) is 12.9. The van der Waals surface area contributed by atoms with Gasteiger partial charge >= 0.3 is 0 Å². The molecule has 0 radical (unpaired) electrons. The molecule has 1 aliphatic carbocycles. The van der Waals surface area contributed by atoms with Gasteiger partial charge in [-0.15, -0.1) is 0 Å². The zero-order valence-corrected chi connectivity index (χ0v) is 12.9. The van der Waals surface area contributed by atoms with E-state index in [0.29, 0.717) is 0 Å². The summed E-state index contributed by atoms with van der Waals surface area (Å²) < 4.78 is 0. The highest BCUT2D eigenvalue weighted by atomic mass is 15.2. The lowest BCUT2D eigenvalue weighted by atomic mass is 9.92. The van der Waals surface area contributed by atoms with Gasteiger partial charge in [-0.3, -0.25) is 4.90 Å². The second-order valence-corrected chi connectivity index (χ2v) is 5.86. The van der Waals surface area contributed by atoms with E-state index in [2.05, 4.69) is 31.0 Å². The number of nitrogens with zero attached hydrogens (tertiary/aromatic N) is 1.